The Morgan fingerprint density at radius 1 is 1.38 bits per heavy atom. The van der Waals surface area contributed by atoms with Gasteiger partial charge in [0.2, 0.25) is 11.1 Å². The molecule has 2 aromatic rings. The second-order valence-electron chi connectivity index (χ2n) is 5.69. The lowest BCUT2D eigenvalue weighted by Gasteiger charge is -2.22. The Morgan fingerprint density at radius 2 is 2.12 bits per heavy atom. The normalized spacial score (nSPS) is 17.7. The van der Waals surface area contributed by atoms with Gasteiger partial charge in [-0.3, -0.25) is 4.79 Å². The van der Waals surface area contributed by atoms with Crippen molar-refractivity contribution in [1.82, 2.24) is 14.9 Å². The lowest BCUT2D eigenvalue weighted by molar-refractivity contribution is -0.146. The standard InChI is InChI=1S/C15H16F3N5OS2/c1-9-6-7-22(10-4-2-3-5-11(10)26-9)12(24)8-25-14-21-20-13(23(14)19)15(16,17)18/h2-5,9H,6-8,19H2,1H3. The van der Waals surface area contributed by atoms with Crippen LogP contribution in [0.5, 0.6) is 0 Å². The summed E-state index contributed by atoms with van der Waals surface area (Å²) in [7, 11) is 0. The first-order valence-electron chi connectivity index (χ1n) is 7.74. The molecule has 0 saturated carbocycles. The molecular weight excluding hydrogens is 387 g/mol. The number of halogens is 3. The van der Waals surface area contributed by atoms with Crippen LogP contribution in [0.2, 0.25) is 0 Å². The third-order valence-corrected chi connectivity index (χ3v) is 5.95. The second-order valence-corrected chi connectivity index (χ2v) is 8.12. The summed E-state index contributed by atoms with van der Waals surface area (Å²) in [6.07, 6.45) is -3.87. The van der Waals surface area contributed by atoms with Gasteiger partial charge >= 0.3 is 6.18 Å². The number of hydrogen-bond acceptors (Lipinski definition) is 6. The smallest absolute Gasteiger partial charge is 0.335 e. The van der Waals surface area contributed by atoms with E-state index in [0.29, 0.717) is 16.5 Å². The summed E-state index contributed by atoms with van der Waals surface area (Å²) in [4.78, 5) is 15.4. The van der Waals surface area contributed by atoms with Gasteiger partial charge in [0.05, 0.1) is 11.4 Å². The molecular formula is C15H16F3N5OS2. The Balaban J connectivity index is 1.74. The molecule has 26 heavy (non-hydrogen) atoms. The first-order chi connectivity index (χ1) is 12.3. The number of nitrogens with zero attached hydrogens (tertiary/aromatic N) is 4. The van der Waals surface area contributed by atoms with Gasteiger partial charge < -0.3 is 10.7 Å². The number of thioether (sulfide) groups is 2. The SMILES string of the molecule is CC1CCN(C(=O)CSc2nnc(C(F)(F)F)n2N)c2ccccc2S1. The van der Waals surface area contributed by atoms with Crippen LogP contribution in [0.15, 0.2) is 34.3 Å². The first kappa shape index (κ1) is 18.9. The minimum absolute atomic E-state index is 0.0828. The summed E-state index contributed by atoms with van der Waals surface area (Å²) in [5.74, 6) is 3.81. The van der Waals surface area contributed by atoms with E-state index >= 15 is 0 Å². The Hall–Kier alpha value is -1.88. The molecule has 1 aromatic heterocycles. The van der Waals surface area contributed by atoms with Crippen molar-refractivity contribution >= 4 is 35.1 Å². The van der Waals surface area contributed by atoms with Gasteiger partial charge in [0, 0.05) is 16.7 Å². The Labute approximate surface area is 156 Å². The van der Waals surface area contributed by atoms with Crippen molar-refractivity contribution in [3.8, 4) is 0 Å². The Kier molecular flexibility index (Phi) is 5.37. The van der Waals surface area contributed by atoms with Gasteiger partial charge in [-0.25, -0.2) is 4.68 Å². The molecule has 1 unspecified atom stereocenters. The molecule has 140 valence electrons. The number of hydrogen-bond donors (Lipinski definition) is 1. The highest BCUT2D eigenvalue weighted by molar-refractivity contribution is 8.00. The van der Waals surface area contributed by atoms with Crippen LogP contribution in [-0.4, -0.2) is 38.3 Å². The number of aromatic nitrogens is 3. The minimum Gasteiger partial charge on any atom is -0.335 e. The zero-order valence-corrected chi connectivity index (χ0v) is 15.4. The third kappa shape index (κ3) is 3.93. The Bertz CT molecular complexity index is 811. The van der Waals surface area contributed by atoms with Crippen LogP contribution in [0.1, 0.15) is 19.2 Å². The summed E-state index contributed by atoms with van der Waals surface area (Å²) in [5, 5.41) is 6.69. The van der Waals surface area contributed by atoms with Crippen molar-refractivity contribution in [3.05, 3.63) is 30.1 Å². The molecule has 0 aliphatic carbocycles. The molecule has 0 radical (unpaired) electrons. The van der Waals surface area contributed by atoms with Crippen molar-refractivity contribution in [2.24, 2.45) is 0 Å². The highest BCUT2D eigenvalue weighted by Crippen LogP contribution is 2.37. The van der Waals surface area contributed by atoms with E-state index in [2.05, 4.69) is 17.1 Å². The number of benzene rings is 1. The van der Waals surface area contributed by atoms with Crippen molar-refractivity contribution < 1.29 is 18.0 Å². The molecule has 2 heterocycles. The highest BCUT2D eigenvalue weighted by atomic mass is 32.2. The van der Waals surface area contributed by atoms with E-state index in [1.807, 2.05) is 24.3 Å². The van der Waals surface area contributed by atoms with Gasteiger partial charge in [-0.2, -0.15) is 13.2 Å². The summed E-state index contributed by atoms with van der Waals surface area (Å²) in [6.45, 7) is 2.65. The molecule has 3 rings (SSSR count). The molecule has 0 fully saturated rings. The molecule has 0 bridgehead atoms. The van der Waals surface area contributed by atoms with Gasteiger partial charge in [0.1, 0.15) is 0 Å². The van der Waals surface area contributed by atoms with Crippen LogP contribution in [0.4, 0.5) is 18.9 Å². The fourth-order valence-corrected chi connectivity index (χ4v) is 4.36. The summed E-state index contributed by atoms with van der Waals surface area (Å²) < 4.78 is 38.5. The van der Waals surface area contributed by atoms with Gasteiger partial charge in [0.15, 0.2) is 0 Å². The number of carbonyl (C=O) groups excluding carboxylic acids is 1. The monoisotopic (exact) mass is 403 g/mol. The van der Waals surface area contributed by atoms with E-state index in [4.69, 9.17) is 5.84 Å². The van der Waals surface area contributed by atoms with E-state index in [-0.39, 0.29) is 16.8 Å². The van der Waals surface area contributed by atoms with Gasteiger partial charge in [-0.15, -0.1) is 22.0 Å². The molecule has 1 aliphatic heterocycles. The van der Waals surface area contributed by atoms with Crippen LogP contribution in [0, 0.1) is 0 Å². The number of para-hydroxylation sites is 1. The van der Waals surface area contributed by atoms with Crippen LogP contribution < -0.4 is 10.7 Å². The molecule has 0 saturated heterocycles. The maximum Gasteiger partial charge on any atom is 0.453 e. The van der Waals surface area contributed by atoms with E-state index in [1.165, 1.54) is 0 Å². The molecule has 1 atom stereocenters. The van der Waals surface area contributed by atoms with Crippen LogP contribution >= 0.6 is 23.5 Å². The maximum atomic E-state index is 12.7. The highest BCUT2D eigenvalue weighted by Gasteiger charge is 2.38. The predicted molar refractivity (Wildman–Crippen MR) is 94.6 cm³/mol. The number of nitrogen functional groups attached to an aromatic ring is 1. The molecule has 11 heteroatoms. The Morgan fingerprint density at radius 3 is 2.81 bits per heavy atom. The quantitative estimate of drug-likeness (QED) is 0.627. The van der Waals surface area contributed by atoms with Gasteiger partial charge in [-0.1, -0.05) is 30.8 Å². The third-order valence-electron chi connectivity index (χ3n) is 3.79. The number of alkyl halides is 3. The van der Waals surface area contributed by atoms with Crippen molar-refractivity contribution in [2.75, 3.05) is 23.0 Å². The molecule has 1 amide bonds. The predicted octanol–water partition coefficient (Wildman–Crippen LogP) is 3.02. The largest absolute Gasteiger partial charge is 0.453 e. The molecule has 1 aromatic carbocycles. The van der Waals surface area contributed by atoms with Crippen LogP contribution in [0.25, 0.3) is 0 Å². The topological polar surface area (TPSA) is 77.0 Å². The van der Waals surface area contributed by atoms with Crippen molar-refractivity contribution in [1.29, 1.82) is 0 Å². The fraction of sp³-hybridized carbons (Fsp3) is 0.400. The first-order valence-corrected chi connectivity index (χ1v) is 9.60. The number of rotatable bonds is 3. The lowest BCUT2D eigenvalue weighted by atomic mass is 10.2. The molecule has 0 spiro atoms. The lowest BCUT2D eigenvalue weighted by Crippen LogP contribution is -2.33. The zero-order chi connectivity index (χ0) is 18.9. The van der Waals surface area contributed by atoms with E-state index < -0.39 is 12.0 Å². The number of carbonyl (C=O) groups is 1. The van der Waals surface area contributed by atoms with Gasteiger partial charge in [0.25, 0.3) is 5.82 Å². The van der Waals surface area contributed by atoms with Crippen molar-refractivity contribution in [2.45, 2.75) is 34.8 Å². The minimum atomic E-state index is -4.69. The number of nitrogens with two attached hydrogens (primary N) is 1. The number of anilines is 1. The number of amides is 1. The molecule has 6 nitrogen and oxygen atoms in total. The summed E-state index contributed by atoms with van der Waals surface area (Å²) in [5.41, 5.74) is 0.817. The van der Waals surface area contributed by atoms with Crippen LogP contribution in [0.3, 0.4) is 0 Å². The maximum absolute atomic E-state index is 12.7. The summed E-state index contributed by atoms with van der Waals surface area (Å²) in [6, 6.07) is 7.60. The molecule has 1 aliphatic rings. The second kappa shape index (κ2) is 7.39. The van der Waals surface area contributed by atoms with Gasteiger partial charge in [-0.05, 0) is 18.6 Å². The van der Waals surface area contributed by atoms with E-state index in [1.54, 1.807) is 16.7 Å². The van der Waals surface area contributed by atoms with Crippen molar-refractivity contribution in [3.63, 3.8) is 0 Å². The fourth-order valence-electron chi connectivity index (χ4n) is 2.52. The zero-order valence-electron chi connectivity index (χ0n) is 13.7. The van der Waals surface area contributed by atoms with E-state index in [0.717, 1.165) is 28.8 Å². The average Bonchev–Trinajstić information content (AvgIpc) is 2.86. The van der Waals surface area contributed by atoms with E-state index in [9.17, 15) is 18.0 Å². The average molecular weight is 403 g/mol. The number of fused-ring (bicyclic) bond motifs is 1. The van der Waals surface area contributed by atoms with Crippen LogP contribution in [-0.2, 0) is 11.0 Å². The summed E-state index contributed by atoms with van der Waals surface area (Å²) >= 11 is 2.54. The molecule has 2 N–H and O–H groups in total.